The Kier molecular flexibility index (Phi) is 6.24. The highest BCUT2D eigenvalue weighted by molar-refractivity contribution is 6.30. The van der Waals surface area contributed by atoms with Gasteiger partial charge in [0.15, 0.2) is 12.4 Å². The summed E-state index contributed by atoms with van der Waals surface area (Å²) in [4.78, 5) is 21.7. The largest absolute Gasteiger partial charge is 0.497 e. The van der Waals surface area contributed by atoms with E-state index in [0.717, 1.165) is 16.8 Å². The van der Waals surface area contributed by atoms with Gasteiger partial charge in [-0.25, -0.2) is 9.97 Å². The van der Waals surface area contributed by atoms with Gasteiger partial charge in [-0.15, -0.1) is 0 Å². The molecule has 0 bridgehead atoms. The van der Waals surface area contributed by atoms with Gasteiger partial charge < -0.3 is 9.47 Å². The van der Waals surface area contributed by atoms with Crippen molar-refractivity contribution >= 4 is 40.6 Å². The van der Waals surface area contributed by atoms with Crippen molar-refractivity contribution < 1.29 is 14.3 Å². The van der Waals surface area contributed by atoms with Gasteiger partial charge in [0, 0.05) is 10.6 Å². The van der Waals surface area contributed by atoms with E-state index in [0.29, 0.717) is 27.7 Å². The van der Waals surface area contributed by atoms with Crippen molar-refractivity contribution in [1.82, 2.24) is 9.97 Å². The molecule has 0 fully saturated rings. The van der Waals surface area contributed by atoms with E-state index >= 15 is 0 Å². The third kappa shape index (κ3) is 5.08. The van der Waals surface area contributed by atoms with Gasteiger partial charge in [-0.3, -0.25) is 4.79 Å². The number of methoxy groups -OCH3 is 1. The van der Waals surface area contributed by atoms with Crippen LogP contribution in [0.4, 0.5) is 0 Å². The maximum atomic E-state index is 12.5. The summed E-state index contributed by atoms with van der Waals surface area (Å²) in [7, 11) is 1.63. The molecule has 0 saturated heterocycles. The predicted molar refractivity (Wildman–Crippen MR) is 123 cm³/mol. The van der Waals surface area contributed by atoms with Gasteiger partial charge in [0.05, 0.1) is 18.1 Å². The molecule has 3 aromatic carbocycles. The number of Topliss-reactive ketones (excluding diaryl/α,β-unsaturated/α-hetero) is 1. The molecule has 0 unspecified atom stereocenters. The molecule has 0 aliphatic heterocycles. The highest BCUT2D eigenvalue weighted by atomic mass is 35.5. The molecule has 1 aromatic heterocycles. The van der Waals surface area contributed by atoms with Gasteiger partial charge in [-0.1, -0.05) is 41.9 Å². The number of ketones is 1. The summed E-state index contributed by atoms with van der Waals surface area (Å²) in [5, 5.41) is 0.573. The number of carbonyl (C=O) groups is 1. The van der Waals surface area contributed by atoms with Gasteiger partial charge in [0.25, 0.3) is 0 Å². The first-order chi connectivity index (χ1) is 15.1. The summed E-state index contributed by atoms with van der Waals surface area (Å²) in [5.74, 6) is 0.912. The number of benzene rings is 3. The molecule has 5 nitrogen and oxygen atoms in total. The van der Waals surface area contributed by atoms with Gasteiger partial charge in [0.1, 0.15) is 11.4 Å². The van der Waals surface area contributed by atoms with Crippen molar-refractivity contribution in [1.29, 1.82) is 0 Å². The Labute approximate surface area is 184 Å². The van der Waals surface area contributed by atoms with Crippen LogP contribution in [0.1, 0.15) is 21.6 Å². The molecule has 0 saturated carbocycles. The van der Waals surface area contributed by atoms with Gasteiger partial charge in [-0.05, 0) is 60.2 Å². The van der Waals surface area contributed by atoms with Gasteiger partial charge in [-0.2, -0.15) is 0 Å². The first-order valence-corrected chi connectivity index (χ1v) is 10.0. The van der Waals surface area contributed by atoms with Crippen molar-refractivity contribution in [2.75, 3.05) is 13.7 Å². The summed E-state index contributed by atoms with van der Waals surface area (Å²) < 4.78 is 11.0. The van der Waals surface area contributed by atoms with Crippen molar-refractivity contribution in [3.63, 3.8) is 0 Å². The molecule has 0 aliphatic rings. The van der Waals surface area contributed by atoms with Crippen molar-refractivity contribution in [2.45, 2.75) is 0 Å². The number of hydrogen-bond donors (Lipinski definition) is 0. The van der Waals surface area contributed by atoms with Crippen LogP contribution in [0.25, 0.3) is 23.2 Å². The first kappa shape index (κ1) is 20.6. The molecule has 0 atom stereocenters. The Bertz CT molecular complexity index is 1240. The van der Waals surface area contributed by atoms with E-state index < -0.39 is 0 Å². The zero-order valence-electron chi connectivity index (χ0n) is 16.8. The Morgan fingerprint density at radius 2 is 1.58 bits per heavy atom. The average molecular weight is 431 g/mol. The van der Waals surface area contributed by atoms with Crippen molar-refractivity contribution in [3.05, 3.63) is 94.6 Å². The minimum absolute atomic E-state index is 0.155. The van der Waals surface area contributed by atoms with E-state index in [1.54, 1.807) is 31.4 Å². The third-order valence-corrected chi connectivity index (χ3v) is 4.87. The highest BCUT2D eigenvalue weighted by Crippen LogP contribution is 2.22. The van der Waals surface area contributed by atoms with E-state index in [4.69, 9.17) is 21.1 Å². The fourth-order valence-corrected chi connectivity index (χ4v) is 3.08. The van der Waals surface area contributed by atoms with E-state index in [9.17, 15) is 4.79 Å². The van der Waals surface area contributed by atoms with Crippen LogP contribution in [0, 0.1) is 0 Å². The topological polar surface area (TPSA) is 61.3 Å². The zero-order chi connectivity index (χ0) is 21.6. The number of halogens is 1. The number of aromatic nitrogens is 2. The lowest BCUT2D eigenvalue weighted by Crippen LogP contribution is -2.13. The molecular formula is C25H19ClN2O3. The summed E-state index contributed by atoms with van der Waals surface area (Å²) in [6.07, 6.45) is 3.73. The van der Waals surface area contributed by atoms with Gasteiger partial charge >= 0.3 is 0 Å². The van der Waals surface area contributed by atoms with Crippen LogP contribution in [-0.4, -0.2) is 29.5 Å². The van der Waals surface area contributed by atoms with Crippen LogP contribution >= 0.6 is 11.6 Å². The minimum atomic E-state index is -0.170. The Morgan fingerprint density at radius 3 is 2.26 bits per heavy atom. The molecule has 0 aliphatic carbocycles. The summed E-state index contributed by atoms with van der Waals surface area (Å²) in [6, 6.07) is 21.9. The summed E-state index contributed by atoms with van der Waals surface area (Å²) in [6.45, 7) is -0.155. The van der Waals surface area contributed by atoms with Crippen LogP contribution in [-0.2, 0) is 0 Å². The second-order valence-electron chi connectivity index (χ2n) is 6.73. The second kappa shape index (κ2) is 9.41. The molecule has 6 heteroatoms. The van der Waals surface area contributed by atoms with Crippen molar-refractivity contribution in [2.24, 2.45) is 0 Å². The number of fused-ring (bicyclic) bond motifs is 1. The number of carbonyl (C=O) groups excluding carboxylic acids is 1. The Morgan fingerprint density at radius 1 is 0.903 bits per heavy atom. The van der Waals surface area contributed by atoms with Crippen LogP contribution in [0.5, 0.6) is 11.6 Å². The predicted octanol–water partition coefficient (Wildman–Crippen LogP) is 5.72. The smallest absolute Gasteiger partial charge is 0.241 e. The quantitative estimate of drug-likeness (QED) is 0.351. The lowest BCUT2D eigenvalue weighted by atomic mass is 10.1. The van der Waals surface area contributed by atoms with E-state index in [2.05, 4.69) is 9.97 Å². The van der Waals surface area contributed by atoms with Crippen LogP contribution in [0.15, 0.2) is 72.8 Å². The molecule has 4 aromatic rings. The summed E-state index contributed by atoms with van der Waals surface area (Å²) in [5.41, 5.74) is 3.47. The number of para-hydroxylation sites is 2. The van der Waals surface area contributed by atoms with E-state index in [1.807, 2.05) is 60.7 Å². The highest BCUT2D eigenvalue weighted by Gasteiger charge is 2.12. The first-order valence-electron chi connectivity index (χ1n) is 9.63. The maximum Gasteiger partial charge on any atom is 0.241 e. The lowest BCUT2D eigenvalue weighted by molar-refractivity contribution is 0.0918. The SMILES string of the molecule is COc1ccc(/C=C/c2nc3ccccc3nc2OCC(=O)c2ccc(Cl)cc2)cc1. The van der Waals surface area contributed by atoms with Crippen LogP contribution in [0.2, 0.25) is 5.02 Å². The second-order valence-corrected chi connectivity index (χ2v) is 7.16. The Balaban J connectivity index is 1.60. The fraction of sp³-hybridized carbons (Fsp3) is 0.0800. The zero-order valence-corrected chi connectivity index (χ0v) is 17.5. The number of hydrogen-bond acceptors (Lipinski definition) is 5. The molecule has 154 valence electrons. The monoisotopic (exact) mass is 430 g/mol. The molecule has 1 heterocycles. The molecular weight excluding hydrogens is 412 g/mol. The molecule has 0 radical (unpaired) electrons. The number of rotatable bonds is 7. The third-order valence-electron chi connectivity index (χ3n) is 4.62. The summed E-state index contributed by atoms with van der Waals surface area (Å²) >= 11 is 5.89. The van der Waals surface area contributed by atoms with Crippen LogP contribution < -0.4 is 9.47 Å². The lowest BCUT2D eigenvalue weighted by Gasteiger charge is -2.09. The van der Waals surface area contributed by atoms with E-state index in [-0.39, 0.29) is 12.4 Å². The van der Waals surface area contributed by atoms with E-state index in [1.165, 1.54) is 0 Å². The molecule has 0 amide bonds. The standard InChI is InChI=1S/C25H19ClN2O3/c1-30-20-13-6-17(7-14-20)8-15-23-25(28-22-5-3-2-4-21(22)27-23)31-16-24(29)18-9-11-19(26)12-10-18/h2-15H,16H2,1H3/b15-8+. The molecule has 31 heavy (non-hydrogen) atoms. The van der Waals surface area contributed by atoms with Crippen LogP contribution in [0.3, 0.4) is 0 Å². The fourth-order valence-electron chi connectivity index (χ4n) is 2.96. The molecule has 0 N–H and O–H groups in total. The molecule has 4 rings (SSSR count). The number of nitrogens with zero attached hydrogens (tertiary/aromatic N) is 2. The Hall–Kier alpha value is -3.70. The normalized spacial score (nSPS) is 11.0. The van der Waals surface area contributed by atoms with Gasteiger partial charge in [0.2, 0.25) is 5.88 Å². The molecule has 0 spiro atoms. The maximum absolute atomic E-state index is 12.5. The van der Waals surface area contributed by atoms with Crippen molar-refractivity contribution in [3.8, 4) is 11.6 Å². The number of ether oxygens (including phenoxy) is 2. The average Bonchev–Trinajstić information content (AvgIpc) is 2.81. The minimum Gasteiger partial charge on any atom is -0.497 e.